The summed E-state index contributed by atoms with van der Waals surface area (Å²) in [6.07, 6.45) is 6.67. The number of halogens is 1. The number of benzene rings is 3. The molecule has 0 radical (unpaired) electrons. The highest BCUT2D eigenvalue weighted by Gasteiger charge is 2.73. The number of rotatable bonds is 9. The number of nitrogens with zero attached hydrogens (tertiary/aromatic N) is 2. The lowest BCUT2D eigenvalue weighted by Crippen LogP contribution is -2.41. The fourth-order valence-corrected chi connectivity index (χ4v) is 21.0. The van der Waals surface area contributed by atoms with Crippen LogP contribution in [0.2, 0.25) is 0 Å². The average molecular weight is 600 g/mol. The van der Waals surface area contributed by atoms with E-state index >= 15 is 0 Å². The van der Waals surface area contributed by atoms with Gasteiger partial charge in [-0.1, -0.05) is 86.7 Å². The van der Waals surface area contributed by atoms with Gasteiger partial charge in [0.2, 0.25) is 10.3 Å². The van der Waals surface area contributed by atoms with Crippen molar-refractivity contribution in [2.24, 2.45) is 4.99 Å². The number of unbranched alkanes of at least 4 members (excludes halogenated alkanes) is 1. The van der Waals surface area contributed by atoms with E-state index in [0.717, 1.165) is 13.0 Å². The lowest BCUT2D eigenvalue weighted by molar-refractivity contribution is 0.601. The van der Waals surface area contributed by atoms with Crippen LogP contribution in [0.1, 0.15) is 32.3 Å². The first kappa shape index (κ1) is 25.7. The Labute approximate surface area is 219 Å². The van der Waals surface area contributed by atoms with Crippen molar-refractivity contribution in [2.75, 3.05) is 13.2 Å². The molecule has 5 heteroatoms. The molecule has 0 N–H and O–H groups in total. The van der Waals surface area contributed by atoms with Crippen molar-refractivity contribution in [3.63, 3.8) is 0 Å². The Morgan fingerprint density at radius 3 is 1.94 bits per heavy atom. The van der Waals surface area contributed by atoms with Crippen molar-refractivity contribution in [2.45, 2.75) is 37.6 Å². The van der Waals surface area contributed by atoms with E-state index in [1.165, 1.54) is 22.6 Å². The smallest absolute Gasteiger partial charge is 0.226 e. The van der Waals surface area contributed by atoms with Gasteiger partial charge in [-0.25, -0.2) is 4.99 Å². The quantitative estimate of drug-likeness (QED) is 0.138. The second-order valence-corrected chi connectivity index (χ2v) is 20.4. The van der Waals surface area contributed by atoms with E-state index in [1.807, 2.05) is 0 Å². The molecular formula is C29H35IN2P2+2. The molecule has 3 atom stereocenters. The van der Waals surface area contributed by atoms with Crippen LogP contribution >= 0.6 is 34.5 Å². The summed E-state index contributed by atoms with van der Waals surface area (Å²) < 4.78 is 2.95. The molecule has 1 aliphatic rings. The van der Waals surface area contributed by atoms with Crippen molar-refractivity contribution in [1.82, 2.24) is 4.44 Å². The molecule has 0 bridgehead atoms. The van der Waals surface area contributed by atoms with E-state index in [-0.39, 0.29) is 10.9 Å². The molecule has 0 saturated heterocycles. The average Bonchev–Trinajstić information content (AvgIpc) is 3.16. The van der Waals surface area contributed by atoms with E-state index in [4.69, 9.17) is 4.99 Å². The zero-order chi connectivity index (χ0) is 24.2. The van der Waals surface area contributed by atoms with E-state index in [1.54, 1.807) is 0 Å². The van der Waals surface area contributed by atoms with Gasteiger partial charge in [-0.3, -0.25) is 0 Å². The zero-order valence-corrected chi connectivity index (χ0v) is 24.3. The van der Waals surface area contributed by atoms with Gasteiger partial charge in [-0.15, -0.1) is 0 Å². The van der Waals surface area contributed by atoms with Crippen LogP contribution in [0, 0.1) is 0 Å². The standard InChI is InChI=1S/C29H35IN2P2/c1-5-7-23-32(33(4,27-19-13-9-14-20-27)28-21-15-10-16-22-28)34(30)26(6-2)24-31-29(34,3)25-17-11-8-12-18-25/h6,8-22,24,26H,2,5,7,23H2,1,3-4H3/q+2/t26-,29-,34?/m1/s1. The number of aliphatic imine (C=N–C) groups is 1. The van der Waals surface area contributed by atoms with E-state index < -0.39 is 12.5 Å². The van der Waals surface area contributed by atoms with Gasteiger partial charge in [-0.05, 0) is 41.2 Å². The lowest BCUT2D eigenvalue weighted by Gasteiger charge is -2.43. The number of hydrogen-bond acceptors (Lipinski definition) is 2. The van der Waals surface area contributed by atoms with Gasteiger partial charge in [0.1, 0.15) is 10.6 Å². The fraction of sp³-hybridized carbons (Fsp3) is 0.276. The summed E-state index contributed by atoms with van der Waals surface area (Å²) in [6, 6.07) is 33.3. The minimum absolute atomic E-state index is 0.238. The van der Waals surface area contributed by atoms with Crippen LogP contribution in [0.3, 0.4) is 0 Å². The maximum absolute atomic E-state index is 5.29. The Bertz CT molecular complexity index is 1080. The molecule has 3 aromatic rings. The highest BCUT2D eigenvalue weighted by molar-refractivity contribution is 14.2. The molecule has 2 nitrogen and oxygen atoms in total. The summed E-state index contributed by atoms with van der Waals surface area (Å²) in [5.41, 5.74) is 1.54. The molecule has 0 aromatic heterocycles. The van der Waals surface area contributed by atoms with Crippen LogP contribution in [0.4, 0.5) is 0 Å². The van der Waals surface area contributed by atoms with Crippen molar-refractivity contribution in [1.29, 1.82) is 0 Å². The van der Waals surface area contributed by atoms with Crippen molar-refractivity contribution in [3.05, 3.63) is 109 Å². The normalized spacial score (nSPS) is 24.4. The minimum Gasteiger partial charge on any atom is -0.242 e. The van der Waals surface area contributed by atoms with Crippen molar-refractivity contribution < 1.29 is 0 Å². The molecule has 0 aliphatic carbocycles. The first-order valence-corrected chi connectivity index (χ1v) is 18.8. The fourth-order valence-electron chi connectivity index (χ4n) is 5.03. The Morgan fingerprint density at radius 1 is 0.971 bits per heavy atom. The Hall–Kier alpha value is -1.38. The van der Waals surface area contributed by atoms with E-state index in [0.29, 0.717) is 0 Å². The highest BCUT2D eigenvalue weighted by Crippen LogP contribution is 2.92. The molecule has 3 aromatic carbocycles. The van der Waals surface area contributed by atoms with Crippen LogP contribution < -0.4 is 10.6 Å². The molecule has 0 amide bonds. The van der Waals surface area contributed by atoms with Gasteiger partial charge < -0.3 is 0 Å². The molecule has 1 aliphatic heterocycles. The van der Waals surface area contributed by atoms with Gasteiger partial charge in [0.05, 0.1) is 19.4 Å². The molecular weight excluding hydrogens is 565 g/mol. The zero-order valence-electron chi connectivity index (χ0n) is 20.4. The van der Waals surface area contributed by atoms with Gasteiger partial charge >= 0.3 is 0 Å². The molecule has 0 fully saturated rings. The SMILES string of the molecule is C=C[C@@H]1C=N[C@@](C)(c2ccccc2)[P+]1(I)N(CCCC)[P+](C)(c1ccccc1)c1ccccc1. The van der Waals surface area contributed by atoms with Crippen molar-refractivity contribution in [3.8, 4) is 0 Å². The molecule has 34 heavy (non-hydrogen) atoms. The third-order valence-corrected chi connectivity index (χ3v) is 23.7. The number of hydrogen-bond donors (Lipinski definition) is 0. The predicted molar refractivity (Wildman–Crippen MR) is 164 cm³/mol. The molecule has 4 rings (SSSR count). The van der Waals surface area contributed by atoms with Gasteiger partial charge in [-0.2, -0.15) is 0 Å². The lowest BCUT2D eigenvalue weighted by atomic mass is 10.1. The third-order valence-electron chi connectivity index (χ3n) is 7.07. The van der Waals surface area contributed by atoms with Crippen molar-refractivity contribution >= 4 is 51.3 Å². The Morgan fingerprint density at radius 2 is 1.47 bits per heavy atom. The predicted octanol–water partition coefficient (Wildman–Crippen LogP) is 8.10. The molecule has 1 heterocycles. The largest absolute Gasteiger partial charge is 0.242 e. The minimum atomic E-state index is -1.95. The maximum Gasteiger partial charge on any atom is 0.226 e. The monoisotopic (exact) mass is 600 g/mol. The van der Waals surface area contributed by atoms with Crippen LogP contribution in [-0.4, -0.2) is 29.5 Å². The van der Waals surface area contributed by atoms with Gasteiger partial charge in [0, 0.05) is 12.5 Å². The summed E-state index contributed by atoms with van der Waals surface area (Å²) in [6.45, 7) is 12.5. The van der Waals surface area contributed by atoms with Crippen LogP contribution in [0.25, 0.3) is 0 Å². The topological polar surface area (TPSA) is 15.6 Å². The Balaban J connectivity index is 2.00. The maximum atomic E-state index is 5.29. The summed E-state index contributed by atoms with van der Waals surface area (Å²) in [4.78, 5) is 5.29. The Kier molecular flexibility index (Phi) is 8.09. The summed E-state index contributed by atoms with van der Waals surface area (Å²) in [5, 5.41) is 0.605. The summed E-state index contributed by atoms with van der Waals surface area (Å²) in [5.74, 6) is 0. The van der Waals surface area contributed by atoms with Crippen LogP contribution in [0.5, 0.6) is 0 Å². The molecule has 176 valence electrons. The van der Waals surface area contributed by atoms with E-state index in [9.17, 15) is 0 Å². The van der Waals surface area contributed by atoms with Gasteiger partial charge in [0.15, 0.2) is 35.1 Å². The molecule has 1 unspecified atom stereocenters. The second-order valence-electron chi connectivity index (χ2n) is 9.07. The molecule has 0 spiro atoms. The summed E-state index contributed by atoms with van der Waals surface area (Å²) in [7, 11) is -1.93. The van der Waals surface area contributed by atoms with Crippen LogP contribution in [-0.2, 0) is 5.28 Å². The second kappa shape index (κ2) is 10.7. The highest BCUT2D eigenvalue weighted by atomic mass is 127. The summed E-state index contributed by atoms with van der Waals surface area (Å²) >= 11 is 2.86. The molecule has 0 saturated carbocycles. The van der Waals surface area contributed by atoms with Gasteiger partial charge in [0.25, 0.3) is 0 Å². The first-order valence-electron chi connectivity index (χ1n) is 12.0. The number of allylic oxidation sites excluding steroid dienone is 1. The first-order chi connectivity index (χ1) is 16.4. The van der Waals surface area contributed by atoms with Crippen LogP contribution in [0.15, 0.2) is 109 Å². The third kappa shape index (κ3) is 4.24. The van der Waals surface area contributed by atoms with E-state index in [2.05, 4.69) is 157 Å².